The lowest BCUT2D eigenvalue weighted by Crippen LogP contribution is -2.18. The molecule has 0 amide bonds. The molecule has 0 saturated carbocycles. The molecule has 2 rings (SSSR count). The van der Waals surface area contributed by atoms with E-state index in [2.05, 4.69) is 58.4 Å². The van der Waals surface area contributed by atoms with Crippen LogP contribution < -0.4 is 5.32 Å². The van der Waals surface area contributed by atoms with E-state index in [-0.39, 0.29) is 6.04 Å². The van der Waals surface area contributed by atoms with Gasteiger partial charge in [-0.1, -0.05) is 40.1 Å². The highest BCUT2D eigenvalue weighted by Gasteiger charge is 2.08. The highest BCUT2D eigenvalue weighted by molar-refractivity contribution is 5.23. The molecule has 4 nitrogen and oxygen atoms in total. The van der Waals surface area contributed by atoms with Crippen LogP contribution in [0.15, 0.2) is 28.9 Å². The van der Waals surface area contributed by atoms with Crippen LogP contribution in [0.25, 0.3) is 0 Å². The second kappa shape index (κ2) is 5.10. The van der Waals surface area contributed by atoms with Crippen molar-refractivity contribution in [2.75, 3.05) is 0 Å². The summed E-state index contributed by atoms with van der Waals surface area (Å²) < 4.78 is 4.66. The minimum Gasteiger partial charge on any atom is -0.304 e. The van der Waals surface area contributed by atoms with E-state index >= 15 is 0 Å². The van der Waals surface area contributed by atoms with E-state index in [1.165, 1.54) is 11.1 Å². The summed E-state index contributed by atoms with van der Waals surface area (Å²) in [6.45, 7) is 6.79. The summed E-state index contributed by atoms with van der Waals surface area (Å²) >= 11 is 0. The Morgan fingerprint density at radius 1 is 1.18 bits per heavy atom. The lowest BCUT2D eigenvalue weighted by atomic mass is 10.1. The van der Waals surface area contributed by atoms with Crippen LogP contribution in [0.1, 0.15) is 35.5 Å². The normalized spacial score (nSPS) is 12.6. The van der Waals surface area contributed by atoms with Gasteiger partial charge in [-0.15, -0.1) is 0 Å². The number of aromatic nitrogens is 2. The molecule has 0 aliphatic heterocycles. The van der Waals surface area contributed by atoms with E-state index in [1.54, 1.807) is 0 Å². The Hall–Kier alpha value is -1.68. The number of hydrogen-bond acceptors (Lipinski definition) is 4. The van der Waals surface area contributed by atoms with E-state index in [0.717, 1.165) is 11.4 Å². The van der Waals surface area contributed by atoms with Crippen molar-refractivity contribution >= 4 is 0 Å². The van der Waals surface area contributed by atoms with Gasteiger partial charge in [0.05, 0.1) is 0 Å². The lowest BCUT2D eigenvalue weighted by molar-refractivity contribution is 0.300. The zero-order chi connectivity index (χ0) is 12.3. The Labute approximate surface area is 101 Å². The van der Waals surface area contributed by atoms with Gasteiger partial charge in [-0.05, 0) is 26.3 Å². The van der Waals surface area contributed by atoms with Gasteiger partial charge in [0.1, 0.15) is 11.4 Å². The third-order valence-corrected chi connectivity index (χ3v) is 2.90. The molecule has 4 heteroatoms. The van der Waals surface area contributed by atoms with Gasteiger partial charge in [-0.2, -0.15) is 0 Å². The van der Waals surface area contributed by atoms with Crippen LogP contribution in [0.3, 0.4) is 0 Å². The van der Waals surface area contributed by atoms with Crippen molar-refractivity contribution in [1.82, 2.24) is 15.6 Å². The quantitative estimate of drug-likeness (QED) is 0.878. The minimum absolute atomic E-state index is 0.284. The van der Waals surface area contributed by atoms with E-state index in [9.17, 15) is 0 Å². The first-order valence-electron chi connectivity index (χ1n) is 5.75. The molecule has 0 fully saturated rings. The Morgan fingerprint density at radius 2 is 1.88 bits per heavy atom. The first kappa shape index (κ1) is 11.8. The predicted molar refractivity (Wildman–Crippen MR) is 65.5 cm³/mol. The third kappa shape index (κ3) is 2.91. The fourth-order valence-corrected chi connectivity index (χ4v) is 1.63. The van der Waals surface area contributed by atoms with Gasteiger partial charge in [0.2, 0.25) is 0 Å². The molecule has 0 spiro atoms. The fraction of sp³-hybridized carbons (Fsp3) is 0.385. The maximum Gasteiger partial charge on any atom is 0.121 e. The number of benzene rings is 1. The third-order valence-electron chi connectivity index (χ3n) is 2.90. The number of aryl methyl sites for hydroxylation is 2. The minimum atomic E-state index is 0.284. The van der Waals surface area contributed by atoms with Crippen molar-refractivity contribution in [1.29, 1.82) is 0 Å². The Balaban J connectivity index is 1.95. The van der Waals surface area contributed by atoms with Crippen LogP contribution in [0.5, 0.6) is 0 Å². The zero-order valence-corrected chi connectivity index (χ0v) is 10.4. The summed E-state index contributed by atoms with van der Waals surface area (Å²) in [6.07, 6.45) is 0. The Morgan fingerprint density at radius 3 is 2.47 bits per heavy atom. The van der Waals surface area contributed by atoms with Crippen LogP contribution in [0.4, 0.5) is 0 Å². The number of hydrogen-bond donors (Lipinski definition) is 1. The molecule has 90 valence electrons. The molecule has 0 radical (unpaired) electrons. The molecule has 1 atom stereocenters. The zero-order valence-electron chi connectivity index (χ0n) is 10.4. The maximum absolute atomic E-state index is 4.66. The van der Waals surface area contributed by atoms with Crippen molar-refractivity contribution < 1.29 is 4.63 Å². The molecular formula is C13H17N3O. The molecule has 0 saturated heterocycles. The number of nitrogens with zero attached hydrogens (tertiary/aromatic N) is 2. The van der Waals surface area contributed by atoms with Gasteiger partial charge in [0, 0.05) is 12.6 Å². The van der Waals surface area contributed by atoms with E-state index in [0.29, 0.717) is 6.54 Å². The molecule has 0 bridgehead atoms. The highest BCUT2D eigenvalue weighted by Crippen LogP contribution is 2.13. The monoisotopic (exact) mass is 231 g/mol. The average Bonchev–Trinajstić information content (AvgIpc) is 2.73. The second-order valence-corrected chi connectivity index (χ2v) is 4.31. The number of nitrogens with one attached hydrogen (secondary N) is 1. The van der Waals surface area contributed by atoms with Crippen molar-refractivity contribution in [2.24, 2.45) is 0 Å². The Kier molecular flexibility index (Phi) is 3.54. The van der Waals surface area contributed by atoms with E-state index in [1.807, 2.05) is 6.92 Å². The van der Waals surface area contributed by atoms with Crippen molar-refractivity contribution in [3.63, 3.8) is 0 Å². The predicted octanol–water partition coefficient (Wildman–Crippen LogP) is 2.54. The summed E-state index contributed by atoms with van der Waals surface area (Å²) in [5, 5.41) is 11.0. The summed E-state index contributed by atoms with van der Waals surface area (Å²) in [4.78, 5) is 0. The van der Waals surface area contributed by atoms with E-state index < -0.39 is 0 Å². The van der Waals surface area contributed by atoms with E-state index in [4.69, 9.17) is 0 Å². The molecule has 17 heavy (non-hydrogen) atoms. The SMILES string of the molecule is Cc1ccc(C(C)NCc2nonc2C)cc1. The van der Waals surface area contributed by atoms with Crippen LogP contribution in [0.2, 0.25) is 0 Å². The van der Waals surface area contributed by atoms with Gasteiger partial charge in [-0.3, -0.25) is 0 Å². The van der Waals surface area contributed by atoms with Crippen LogP contribution in [0, 0.1) is 13.8 Å². The summed E-state index contributed by atoms with van der Waals surface area (Å²) in [7, 11) is 0. The van der Waals surface area contributed by atoms with Crippen molar-refractivity contribution in [3.05, 3.63) is 46.8 Å². The molecule has 1 aromatic carbocycles. The maximum atomic E-state index is 4.66. The molecule has 2 aromatic rings. The second-order valence-electron chi connectivity index (χ2n) is 4.31. The lowest BCUT2D eigenvalue weighted by Gasteiger charge is -2.13. The summed E-state index contributed by atoms with van der Waals surface area (Å²) in [5.41, 5.74) is 4.25. The first-order chi connectivity index (χ1) is 8.16. The summed E-state index contributed by atoms with van der Waals surface area (Å²) in [5.74, 6) is 0. The molecule has 1 aromatic heterocycles. The van der Waals surface area contributed by atoms with Gasteiger partial charge in [0.25, 0.3) is 0 Å². The topological polar surface area (TPSA) is 51.0 Å². The fourth-order valence-electron chi connectivity index (χ4n) is 1.63. The standard InChI is InChI=1S/C13H17N3O/c1-9-4-6-12(7-5-9)10(2)14-8-13-11(3)15-17-16-13/h4-7,10,14H,8H2,1-3H3. The summed E-state index contributed by atoms with van der Waals surface area (Å²) in [6, 6.07) is 8.81. The molecule has 0 aliphatic rings. The van der Waals surface area contributed by atoms with Crippen LogP contribution in [-0.4, -0.2) is 10.3 Å². The van der Waals surface area contributed by atoms with Gasteiger partial charge < -0.3 is 5.32 Å². The van der Waals surface area contributed by atoms with Crippen LogP contribution >= 0.6 is 0 Å². The van der Waals surface area contributed by atoms with Gasteiger partial charge in [-0.25, -0.2) is 4.63 Å². The van der Waals surface area contributed by atoms with Crippen LogP contribution in [-0.2, 0) is 6.54 Å². The Bertz CT molecular complexity index is 476. The molecule has 1 unspecified atom stereocenters. The van der Waals surface area contributed by atoms with Gasteiger partial charge in [0.15, 0.2) is 0 Å². The molecular weight excluding hydrogens is 214 g/mol. The number of rotatable bonds is 4. The van der Waals surface area contributed by atoms with Gasteiger partial charge >= 0.3 is 0 Å². The molecule has 1 heterocycles. The molecule has 0 aliphatic carbocycles. The first-order valence-corrected chi connectivity index (χ1v) is 5.75. The van der Waals surface area contributed by atoms with Crippen molar-refractivity contribution in [3.8, 4) is 0 Å². The highest BCUT2D eigenvalue weighted by atomic mass is 16.6. The average molecular weight is 231 g/mol. The smallest absolute Gasteiger partial charge is 0.121 e. The largest absolute Gasteiger partial charge is 0.304 e. The molecule has 1 N–H and O–H groups in total. The van der Waals surface area contributed by atoms with Crippen molar-refractivity contribution in [2.45, 2.75) is 33.4 Å².